The minimum Gasteiger partial charge on any atom is -0.374 e. The maximum absolute atomic E-state index is 11.6. The van der Waals surface area contributed by atoms with Crippen molar-refractivity contribution < 1.29 is 22.7 Å². The van der Waals surface area contributed by atoms with Crippen LogP contribution in [-0.4, -0.2) is 31.5 Å². The maximum Gasteiger partial charge on any atom is 0.413 e. The molecule has 0 bridgehead atoms. The first-order valence-corrected chi connectivity index (χ1v) is 4.26. The molecular weight excluding hydrogens is 199 g/mol. The van der Waals surface area contributed by atoms with Crippen LogP contribution in [0.1, 0.15) is 20.8 Å². The molecule has 14 heavy (non-hydrogen) atoms. The number of rotatable bonds is 5. The predicted octanol–water partition coefficient (Wildman–Crippen LogP) is 1.88. The van der Waals surface area contributed by atoms with Crippen molar-refractivity contribution in [3.63, 3.8) is 0 Å². The Balaban J connectivity index is 3.23. The molecule has 0 aliphatic rings. The zero-order chi connectivity index (χ0) is 11.2. The quantitative estimate of drug-likeness (QED) is 0.561. The van der Waals surface area contributed by atoms with Crippen LogP contribution < -0.4 is 5.48 Å². The van der Waals surface area contributed by atoms with Gasteiger partial charge in [0.2, 0.25) is 0 Å². The molecule has 0 fully saturated rings. The Morgan fingerprint density at radius 3 is 2.14 bits per heavy atom. The SMILES string of the molecule is CC(C)(C)OCCNOCC(F)(F)F. The van der Waals surface area contributed by atoms with Crippen LogP contribution in [0.5, 0.6) is 0 Å². The van der Waals surface area contributed by atoms with E-state index in [-0.39, 0.29) is 12.1 Å². The number of nitrogens with one attached hydrogen (secondary N) is 1. The molecule has 6 heteroatoms. The van der Waals surface area contributed by atoms with Gasteiger partial charge >= 0.3 is 6.18 Å². The van der Waals surface area contributed by atoms with Gasteiger partial charge in [-0.1, -0.05) is 0 Å². The van der Waals surface area contributed by atoms with Gasteiger partial charge in [-0.3, -0.25) is 4.84 Å². The maximum atomic E-state index is 11.6. The molecule has 1 N–H and O–H groups in total. The summed E-state index contributed by atoms with van der Waals surface area (Å²) in [6.07, 6.45) is -4.29. The van der Waals surface area contributed by atoms with Crippen molar-refractivity contribution in [2.45, 2.75) is 32.5 Å². The van der Waals surface area contributed by atoms with Crippen LogP contribution in [0.4, 0.5) is 13.2 Å². The highest BCUT2D eigenvalue weighted by Gasteiger charge is 2.27. The molecule has 0 saturated carbocycles. The predicted molar refractivity (Wildman–Crippen MR) is 45.7 cm³/mol. The summed E-state index contributed by atoms with van der Waals surface area (Å²) in [7, 11) is 0. The van der Waals surface area contributed by atoms with Crippen molar-refractivity contribution in [3.05, 3.63) is 0 Å². The lowest BCUT2D eigenvalue weighted by Gasteiger charge is -2.19. The molecule has 0 rings (SSSR count). The van der Waals surface area contributed by atoms with Crippen LogP contribution in [-0.2, 0) is 9.57 Å². The minimum absolute atomic E-state index is 0.230. The van der Waals surface area contributed by atoms with Crippen LogP contribution in [0, 0.1) is 0 Å². The average molecular weight is 215 g/mol. The van der Waals surface area contributed by atoms with E-state index in [1.807, 2.05) is 20.8 Å². The van der Waals surface area contributed by atoms with E-state index in [0.29, 0.717) is 6.61 Å². The highest BCUT2D eigenvalue weighted by molar-refractivity contribution is 4.58. The lowest BCUT2D eigenvalue weighted by molar-refractivity contribution is -0.190. The summed E-state index contributed by atoms with van der Waals surface area (Å²) in [6, 6.07) is 0. The number of ether oxygens (including phenoxy) is 1. The Bertz CT molecular complexity index is 136. The minimum atomic E-state index is -4.29. The average Bonchev–Trinajstić information content (AvgIpc) is 1.92. The van der Waals surface area contributed by atoms with Crippen LogP contribution in [0.3, 0.4) is 0 Å². The Hall–Kier alpha value is -0.330. The summed E-state index contributed by atoms with van der Waals surface area (Å²) < 4.78 is 39.9. The van der Waals surface area contributed by atoms with Crippen molar-refractivity contribution in [1.82, 2.24) is 5.48 Å². The zero-order valence-corrected chi connectivity index (χ0v) is 8.57. The van der Waals surface area contributed by atoms with E-state index >= 15 is 0 Å². The molecule has 0 aliphatic heterocycles. The van der Waals surface area contributed by atoms with E-state index in [1.54, 1.807) is 0 Å². The third-order valence-electron chi connectivity index (χ3n) is 1.08. The third-order valence-corrected chi connectivity index (χ3v) is 1.08. The molecular formula is C8H16F3NO2. The van der Waals surface area contributed by atoms with Gasteiger partial charge in [0, 0.05) is 6.54 Å². The number of alkyl halides is 3. The number of halogens is 3. The lowest BCUT2D eigenvalue weighted by atomic mass is 10.2. The van der Waals surface area contributed by atoms with Gasteiger partial charge in [-0.2, -0.15) is 18.7 Å². The van der Waals surface area contributed by atoms with E-state index in [0.717, 1.165) is 0 Å². The molecule has 0 aromatic rings. The molecule has 0 aromatic heterocycles. The summed E-state index contributed by atoms with van der Waals surface area (Å²) in [4.78, 5) is 4.16. The summed E-state index contributed by atoms with van der Waals surface area (Å²) >= 11 is 0. The molecule has 0 aromatic carbocycles. The monoisotopic (exact) mass is 215 g/mol. The summed E-state index contributed by atoms with van der Waals surface area (Å²) in [5.74, 6) is 0. The standard InChI is InChI=1S/C8H16F3NO2/c1-7(2,3)13-5-4-12-14-6-8(9,10)11/h12H,4-6H2,1-3H3. The number of hydrogen-bond donors (Lipinski definition) is 1. The first-order chi connectivity index (χ1) is 6.21. The van der Waals surface area contributed by atoms with E-state index in [4.69, 9.17) is 4.74 Å². The third kappa shape index (κ3) is 11.7. The Morgan fingerprint density at radius 2 is 1.71 bits per heavy atom. The van der Waals surface area contributed by atoms with Gasteiger partial charge in [-0.25, -0.2) is 0 Å². The fourth-order valence-electron chi connectivity index (χ4n) is 0.604. The Labute approximate surface area is 81.5 Å². The molecule has 0 heterocycles. The highest BCUT2D eigenvalue weighted by Crippen LogP contribution is 2.13. The molecule has 0 spiro atoms. The van der Waals surface area contributed by atoms with Gasteiger partial charge in [-0.15, -0.1) is 0 Å². The normalized spacial score (nSPS) is 13.3. The zero-order valence-electron chi connectivity index (χ0n) is 8.57. The lowest BCUT2D eigenvalue weighted by Crippen LogP contribution is -2.29. The van der Waals surface area contributed by atoms with Gasteiger partial charge in [0.1, 0.15) is 0 Å². The van der Waals surface area contributed by atoms with Crippen molar-refractivity contribution in [2.24, 2.45) is 0 Å². The van der Waals surface area contributed by atoms with E-state index in [2.05, 4.69) is 10.3 Å². The Kier molecular flexibility index (Phi) is 5.40. The largest absolute Gasteiger partial charge is 0.413 e. The summed E-state index contributed by atoms with van der Waals surface area (Å²) in [6.45, 7) is 4.84. The van der Waals surface area contributed by atoms with Gasteiger partial charge in [0.15, 0.2) is 6.61 Å². The second-order valence-electron chi connectivity index (χ2n) is 3.76. The molecule has 0 amide bonds. The molecule has 0 atom stereocenters. The fourth-order valence-corrected chi connectivity index (χ4v) is 0.604. The van der Waals surface area contributed by atoms with Crippen LogP contribution in [0.25, 0.3) is 0 Å². The van der Waals surface area contributed by atoms with Crippen molar-refractivity contribution in [3.8, 4) is 0 Å². The first-order valence-electron chi connectivity index (χ1n) is 4.26. The molecule has 0 unspecified atom stereocenters. The van der Waals surface area contributed by atoms with E-state index in [9.17, 15) is 13.2 Å². The summed E-state index contributed by atoms with van der Waals surface area (Å²) in [5.41, 5.74) is 1.88. The second-order valence-corrected chi connectivity index (χ2v) is 3.76. The molecule has 3 nitrogen and oxygen atoms in total. The van der Waals surface area contributed by atoms with Crippen LogP contribution in [0.15, 0.2) is 0 Å². The Morgan fingerprint density at radius 1 is 1.14 bits per heavy atom. The van der Waals surface area contributed by atoms with Gasteiger partial charge in [0.05, 0.1) is 12.2 Å². The smallest absolute Gasteiger partial charge is 0.374 e. The topological polar surface area (TPSA) is 30.5 Å². The number of hydrogen-bond acceptors (Lipinski definition) is 3. The number of hydroxylamine groups is 1. The molecule has 0 radical (unpaired) electrons. The van der Waals surface area contributed by atoms with E-state index < -0.39 is 12.8 Å². The van der Waals surface area contributed by atoms with Crippen LogP contribution >= 0.6 is 0 Å². The van der Waals surface area contributed by atoms with Crippen molar-refractivity contribution in [1.29, 1.82) is 0 Å². The first kappa shape index (κ1) is 13.7. The fraction of sp³-hybridized carbons (Fsp3) is 1.00. The van der Waals surface area contributed by atoms with Gasteiger partial charge in [-0.05, 0) is 20.8 Å². The summed E-state index contributed by atoms with van der Waals surface area (Å²) in [5, 5.41) is 0. The van der Waals surface area contributed by atoms with E-state index in [1.165, 1.54) is 0 Å². The molecule has 0 aliphatic carbocycles. The highest BCUT2D eigenvalue weighted by atomic mass is 19.4. The molecule has 86 valence electrons. The van der Waals surface area contributed by atoms with Crippen LogP contribution in [0.2, 0.25) is 0 Å². The van der Waals surface area contributed by atoms with Crippen molar-refractivity contribution in [2.75, 3.05) is 19.8 Å². The molecule has 0 saturated heterocycles. The van der Waals surface area contributed by atoms with Gasteiger partial charge in [0.25, 0.3) is 0 Å². The van der Waals surface area contributed by atoms with Gasteiger partial charge < -0.3 is 4.74 Å². The second kappa shape index (κ2) is 5.53. The van der Waals surface area contributed by atoms with Crippen molar-refractivity contribution >= 4 is 0 Å².